The molecule has 0 unspecified atom stereocenters. The predicted octanol–water partition coefficient (Wildman–Crippen LogP) is 4.43. The summed E-state index contributed by atoms with van der Waals surface area (Å²) in [6, 6.07) is 14.9. The molecular formula is C17H17NO3S. The third-order valence-corrected chi connectivity index (χ3v) is 4.51. The molecule has 0 aliphatic carbocycles. The Morgan fingerprint density at radius 1 is 1.00 bits per heavy atom. The molecule has 0 aliphatic rings. The van der Waals surface area contributed by atoms with Gasteiger partial charge >= 0.3 is 0 Å². The second-order valence-electron chi connectivity index (χ2n) is 5.12. The monoisotopic (exact) mass is 315 g/mol. The number of hydrogen-bond acceptors (Lipinski definition) is 3. The van der Waals surface area contributed by atoms with E-state index < -0.39 is 10.1 Å². The van der Waals surface area contributed by atoms with Gasteiger partial charge in [-0.3, -0.25) is 4.55 Å². The van der Waals surface area contributed by atoms with Gasteiger partial charge < -0.3 is 6.15 Å². The largest absolute Gasteiger partial charge is 0.344 e. The Balaban J connectivity index is 0.00000176. The van der Waals surface area contributed by atoms with E-state index in [4.69, 9.17) is 0 Å². The van der Waals surface area contributed by atoms with Gasteiger partial charge in [-0.2, -0.15) is 8.42 Å². The molecule has 0 spiro atoms. The Morgan fingerprint density at radius 3 is 2.14 bits per heavy atom. The minimum absolute atomic E-state index is 0. The topological polar surface area (TPSA) is 89.4 Å². The van der Waals surface area contributed by atoms with Crippen molar-refractivity contribution in [2.75, 3.05) is 0 Å². The van der Waals surface area contributed by atoms with Gasteiger partial charge in [0.05, 0.1) is 0 Å². The molecule has 22 heavy (non-hydrogen) atoms. The molecule has 0 saturated heterocycles. The summed E-state index contributed by atoms with van der Waals surface area (Å²) in [6.45, 7) is 5.51. The first-order valence-corrected chi connectivity index (χ1v) is 7.91. The smallest absolute Gasteiger partial charge is 0.295 e. The van der Waals surface area contributed by atoms with Crippen molar-refractivity contribution >= 4 is 37.2 Å². The number of allylic oxidation sites excluding steroid dienone is 1. The molecule has 114 valence electrons. The maximum Gasteiger partial charge on any atom is 0.295 e. The lowest BCUT2D eigenvalue weighted by Crippen LogP contribution is -2.03. The number of fused-ring (bicyclic) bond motifs is 2. The highest BCUT2D eigenvalue weighted by molar-refractivity contribution is 7.86. The van der Waals surface area contributed by atoms with Crippen LogP contribution in [0, 0.1) is 0 Å². The van der Waals surface area contributed by atoms with Gasteiger partial charge in [-0.05, 0) is 46.4 Å². The zero-order valence-corrected chi connectivity index (χ0v) is 13.0. The van der Waals surface area contributed by atoms with Crippen LogP contribution in [0.5, 0.6) is 0 Å². The van der Waals surface area contributed by atoms with Crippen LogP contribution in [-0.4, -0.2) is 13.0 Å². The van der Waals surface area contributed by atoms with Gasteiger partial charge in [-0.25, -0.2) is 0 Å². The van der Waals surface area contributed by atoms with Gasteiger partial charge in [0.2, 0.25) is 0 Å². The molecule has 0 radical (unpaired) electrons. The van der Waals surface area contributed by atoms with Gasteiger partial charge in [-0.1, -0.05) is 43.0 Å². The lowest BCUT2D eigenvalue weighted by Gasteiger charge is -2.11. The first kappa shape index (κ1) is 16.2. The summed E-state index contributed by atoms with van der Waals surface area (Å²) < 4.78 is 33.3. The Bertz CT molecular complexity index is 991. The summed E-state index contributed by atoms with van der Waals surface area (Å²) >= 11 is 0. The standard InChI is InChI=1S/C17H14O3S.H3N/c1-11(2)15-8-7-14-9-12-5-3-4-6-13(12)10-16(14)17(15)21(18,19)20;/h3-10H,1H2,2H3,(H,18,19,20);1H3. The second-order valence-corrected chi connectivity index (χ2v) is 6.48. The lowest BCUT2D eigenvalue weighted by atomic mass is 9.99. The van der Waals surface area contributed by atoms with Crippen molar-refractivity contribution in [1.29, 1.82) is 0 Å². The van der Waals surface area contributed by atoms with E-state index in [0.717, 1.165) is 16.2 Å². The summed E-state index contributed by atoms with van der Waals surface area (Å²) in [4.78, 5) is -0.0711. The van der Waals surface area contributed by atoms with E-state index in [2.05, 4.69) is 6.58 Å². The molecule has 3 aromatic rings. The van der Waals surface area contributed by atoms with Crippen LogP contribution in [0.2, 0.25) is 0 Å². The van der Waals surface area contributed by atoms with Crippen molar-refractivity contribution in [3.63, 3.8) is 0 Å². The molecular weight excluding hydrogens is 298 g/mol. The van der Waals surface area contributed by atoms with Crippen molar-refractivity contribution in [3.05, 3.63) is 60.7 Å². The molecule has 0 aromatic heterocycles. The lowest BCUT2D eigenvalue weighted by molar-refractivity contribution is 0.484. The van der Waals surface area contributed by atoms with E-state index in [1.807, 2.05) is 36.4 Å². The predicted molar refractivity (Wildman–Crippen MR) is 91.0 cm³/mol. The molecule has 0 saturated carbocycles. The van der Waals surface area contributed by atoms with E-state index in [1.54, 1.807) is 19.1 Å². The normalized spacial score (nSPS) is 11.4. The van der Waals surface area contributed by atoms with Crippen molar-refractivity contribution in [1.82, 2.24) is 6.15 Å². The van der Waals surface area contributed by atoms with Crippen LogP contribution < -0.4 is 6.15 Å². The molecule has 0 fully saturated rings. The fourth-order valence-electron chi connectivity index (χ4n) is 2.60. The van der Waals surface area contributed by atoms with Crippen LogP contribution in [0.25, 0.3) is 27.1 Å². The maximum absolute atomic E-state index is 11.8. The summed E-state index contributed by atoms with van der Waals surface area (Å²) in [5, 5.41) is 3.23. The highest BCUT2D eigenvalue weighted by atomic mass is 32.2. The van der Waals surface area contributed by atoms with Crippen LogP contribution >= 0.6 is 0 Å². The van der Waals surface area contributed by atoms with Gasteiger partial charge in [0.25, 0.3) is 10.1 Å². The first-order chi connectivity index (χ1) is 9.88. The number of benzene rings is 3. The van der Waals surface area contributed by atoms with Crippen LogP contribution in [0.4, 0.5) is 0 Å². The van der Waals surface area contributed by atoms with Crippen LogP contribution in [-0.2, 0) is 10.1 Å². The zero-order chi connectivity index (χ0) is 15.2. The van der Waals surface area contributed by atoms with Crippen molar-refractivity contribution in [2.24, 2.45) is 0 Å². The minimum atomic E-state index is -4.33. The summed E-state index contributed by atoms with van der Waals surface area (Å²) in [7, 11) is -4.33. The molecule has 0 heterocycles. The molecule has 3 rings (SSSR count). The summed E-state index contributed by atoms with van der Waals surface area (Å²) in [5.41, 5.74) is 1.04. The van der Waals surface area contributed by atoms with Gasteiger partial charge in [-0.15, -0.1) is 0 Å². The van der Waals surface area contributed by atoms with Crippen LogP contribution in [0.3, 0.4) is 0 Å². The SMILES string of the molecule is C=C(C)c1ccc2cc3ccccc3cc2c1S(=O)(=O)O.N. The van der Waals surface area contributed by atoms with E-state index in [9.17, 15) is 13.0 Å². The molecule has 3 aromatic carbocycles. The highest BCUT2D eigenvalue weighted by Crippen LogP contribution is 2.33. The second kappa shape index (κ2) is 5.53. The maximum atomic E-state index is 11.8. The van der Waals surface area contributed by atoms with Crippen molar-refractivity contribution < 1.29 is 13.0 Å². The molecule has 0 amide bonds. The van der Waals surface area contributed by atoms with E-state index in [1.165, 1.54) is 0 Å². The Kier molecular flexibility index (Phi) is 4.06. The Hall–Kier alpha value is -2.21. The van der Waals surface area contributed by atoms with Crippen molar-refractivity contribution in [3.8, 4) is 0 Å². The van der Waals surface area contributed by atoms with Crippen LogP contribution in [0.1, 0.15) is 12.5 Å². The number of rotatable bonds is 2. The van der Waals surface area contributed by atoms with E-state index in [-0.39, 0.29) is 11.0 Å². The highest BCUT2D eigenvalue weighted by Gasteiger charge is 2.20. The van der Waals surface area contributed by atoms with Gasteiger partial charge in [0.1, 0.15) is 4.90 Å². The third kappa shape index (κ3) is 2.62. The van der Waals surface area contributed by atoms with Gasteiger partial charge in [0.15, 0.2) is 0 Å². The average Bonchev–Trinajstić information content (AvgIpc) is 2.42. The van der Waals surface area contributed by atoms with E-state index >= 15 is 0 Å². The van der Waals surface area contributed by atoms with Crippen LogP contribution in [0.15, 0.2) is 60.0 Å². The minimum Gasteiger partial charge on any atom is -0.344 e. The van der Waals surface area contributed by atoms with E-state index in [0.29, 0.717) is 16.5 Å². The average molecular weight is 315 g/mol. The molecule has 4 nitrogen and oxygen atoms in total. The number of hydrogen-bond donors (Lipinski definition) is 2. The first-order valence-electron chi connectivity index (χ1n) is 6.47. The fraction of sp³-hybridized carbons (Fsp3) is 0.0588. The summed E-state index contributed by atoms with van der Waals surface area (Å²) in [5.74, 6) is 0. The molecule has 0 atom stereocenters. The molecule has 0 aliphatic heterocycles. The molecule has 4 N–H and O–H groups in total. The fourth-order valence-corrected chi connectivity index (χ4v) is 3.58. The van der Waals surface area contributed by atoms with Gasteiger partial charge in [0, 0.05) is 5.39 Å². The molecule has 5 heteroatoms. The third-order valence-electron chi connectivity index (χ3n) is 3.55. The van der Waals surface area contributed by atoms with Crippen molar-refractivity contribution in [2.45, 2.75) is 11.8 Å². The Morgan fingerprint density at radius 2 is 1.59 bits per heavy atom. The zero-order valence-electron chi connectivity index (χ0n) is 12.2. The molecule has 0 bridgehead atoms. The quantitative estimate of drug-likeness (QED) is 0.540. The Labute approximate surface area is 129 Å². The summed E-state index contributed by atoms with van der Waals surface area (Å²) in [6.07, 6.45) is 0.